The molecule has 1 aliphatic heterocycles. The minimum Gasteiger partial charge on any atom is -0.288 e. The molecule has 3 aromatic heterocycles. The van der Waals surface area contributed by atoms with Crippen LogP contribution in [-0.4, -0.2) is 37.7 Å². The molecule has 1 aromatic carbocycles. The topological polar surface area (TPSA) is 68.8 Å². The van der Waals surface area contributed by atoms with Gasteiger partial charge in [0.05, 0.1) is 24.3 Å². The highest BCUT2D eigenvalue weighted by Crippen LogP contribution is 2.19. The van der Waals surface area contributed by atoms with Crippen LogP contribution in [0.25, 0.3) is 27.6 Å². The standard InChI is InChI=1S/C19H14N6/c1-2-14-10-13(3-4-16(14)21-8-1)12-25-19-18(23-24-25)6-5-17(22-19)15-7-9-20-11-15/h1-8,10-11H,9,12H2. The van der Waals surface area contributed by atoms with Crippen molar-refractivity contribution in [3.05, 3.63) is 66.0 Å². The molecule has 0 radical (unpaired) electrons. The summed E-state index contributed by atoms with van der Waals surface area (Å²) in [5, 5.41) is 9.62. The average Bonchev–Trinajstić information content (AvgIpc) is 3.32. The van der Waals surface area contributed by atoms with Crippen molar-refractivity contribution in [2.24, 2.45) is 4.99 Å². The van der Waals surface area contributed by atoms with Gasteiger partial charge in [0.15, 0.2) is 5.65 Å². The van der Waals surface area contributed by atoms with Gasteiger partial charge in [-0.25, -0.2) is 9.67 Å². The van der Waals surface area contributed by atoms with Gasteiger partial charge in [-0.15, -0.1) is 5.10 Å². The van der Waals surface area contributed by atoms with E-state index in [1.807, 2.05) is 35.2 Å². The maximum Gasteiger partial charge on any atom is 0.179 e. The summed E-state index contributed by atoms with van der Waals surface area (Å²) in [4.78, 5) is 13.3. The normalized spacial score (nSPS) is 13.7. The summed E-state index contributed by atoms with van der Waals surface area (Å²) in [5.41, 5.74) is 5.65. The molecule has 0 aliphatic carbocycles. The van der Waals surface area contributed by atoms with Crippen molar-refractivity contribution in [1.82, 2.24) is 25.0 Å². The van der Waals surface area contributed by atoms with Crippen LogP contribution < -0.4 is 0 Å². The third-order valence-corrected chi connectivity index (χ3v) is 4.30. The largest absolute Gasteiger partial charge is 0.288 e. The van der Waals surface area contributed by atoms with E-state index in [9.17, 15) is 0 Å². The maximum absolute atomic E-state index is 4.74. The zero-order valence-corrected chi connectivity index (χ0v) is 13.4. The molecular formula is C19H14N6. The Kier molecular flexibility index (Phi) is 3.13. The van der Waals surface area contributed by atoms with E-state index >= 15 is 0 Å². The van der Waals surface area contributed by atoms with Gasteiger partial charge in [0.25, 0.3) is 0 Å². The number of aliphatic imine (C=N–C) groups is 1. The van der Waals surface area contributed by atoms with Gasteiger partial charge in [-0.2, -0.15) is 0 Å². The lowest BCUT2D eigenvalue weighted by Gasteiger charge is -2.05. The summed E-state index contributed by atoms with van der Waals surface area (Å²) in [6, 6.07) is 14.2. The molecule has 4 aromatic rings. The van der Waals surface area contributed by atoms with Crippen LogP contribution in [0.3, 0.4) is 0 Å². The molecule has 1 aliphatic rings. The first-order chi connectivity index (χ1) is 12.4. The zero-order valence-electron chi connectivity index (χ0n) is 13.4. The molecule has 0 saturated heterocycles. The third kappa shape index (κ3) is 2.48. The first kappa shape index (κ1) is 14.0. The van der Waals surface area contributed by atoms with E-state index < -0.39 is 0 Å². The van der Waals surface area contributed by atoms with E-state index in [1.165, 1.54) is 0 Å². The second-order valence-corrected chi connectivity index (χ2v) is 5.97. The molecule has 0 amide bonds. The molecule has 6 nitrogen and oxygen atoms in total. The minimum atomic E-state index is 0.616. The summed E-state index contributed by atoms with van der Waals surface area (Å²) < 4.78 is 1.84. The Hall–Kier alpha value is -3.41. The average molecular weight is 326 g/mol. The Balaban J connectivity index is 1.55. The number of allylic oxidation sites excluding steroid dienone is 1. The quantitative estimate of drug-likeness (QED) is 0.580. The summed E-state index contributed by atoms with van der Waals surface area (Å²) >= 11 is 0. The number of hydrogen-bond donors (Lipinski definition) is 0. The van der Waals surface area contributed by atoms with E-state index in [0.717, 1.165) is 45.4 Å². The number of fused-ring (bicyclic) bond motifs is 2. The van der Waals surface area contributed by atoms with E-state index in [0.29, 0.717) is 6.54 Å². The molecule has 4 heterocycles. The van der Waals surface area contributed by atoms with Crippen LogP contribution in [-0.2, 0) is 6.54 Å². The van der Waals surface area contributed by atoms with Crippen LogP contribution >= 0.6 is 0 Å². The molecule has 5 rings (SSSR count). The lowest BCUT2D eigenvalue weighted by atomic mass is 10.1. The fourth-order valence-corrected chi connectivity index (χ4v) is 3.04. The number of nitrogens with zero attached hydrogens (tertiary/aromatic N) is 6. The molecule has 0 saturated carbocycles. The highest BCUT2D eigenvalue weighted by atomic mass is 15.4. The smallest absolute Gasteiger partial charge is 0.179 e. The lowest BCUT2D eigenvalue weighted by molar-refractivity contribution is 0.664. The van der Waals surface area contributed by atoms with E-state index in [4.69, 9.17) is 4.98 Å². The summed E-state index contributed by atoms with van der Waals surface area (Å²) in [7, 11) is 0. The molecule has 0 atom stereocenters. The van der Waals surface area contributed by atoms with Crippen molar-refractivity contribution in [1.29, 1.82) is 0 Å². The molecule has 25 heavy (non-hydrogen) atoms. The highest BCUT2D eigenvalue weighted by molar-refractivity contribution is 6.11. The molecule has 0 unspecified atom stereocenters. The fourth-order valence-electron chi connectivity index (χ4n) is 3.04. The van der Waals surface area contributed by atoms with Gasteiger partial charge in [-0.1, -0.05) is 23.4 Å². The second-order valence-electron chi connectivity index (χ2n) is 5.97. The molecule has 0 bridgehead atoms. The predicted molar refractivity (Wildman–Crippen MR) is 97.5 cm³/mol. The van der Waals surface area contributed by atoms with Crippen molar-refractivity contribution >= 4 is 33.9 Å². The molecule has 0 fully saturated rings. The number of hydrogen-bond acceptors (Lipinski definition) is 5. The number of rotatable bonds is 3. The van der Waals surface area contributed by atoms with Crippen molar-refractivity contribution < 1.29 is 0 Å². The fraction of sp³-hybridized carbons (Fsp3) is 0.105. The monoisotopic (exact) mass is 326 g/mol. The number of aromatic nitrogens is 5. The SMILES string of the molecule is C1=NCC=C1c1ccc2nnn(Cc3ccc4ncccc4c3)c2n1. The van der Waals surface area contributed by atoms with E-state index in [-0.39, 0.29) is 0 Å². The van der Waals surface area contributed by atoms with E-state index in [2.05, 4.69) is 44.6 Å². The molecule has 120 valence electrons. The summed E-state index contributed by atoms with van der Waals surface area (Å²) in [6.07, 6.45) is 5.73. The lowest BCUT2D eigenvalue weighted by Crippen LogP contribution is -2.04. The van der Waals surface area contributed by atoms with Gasteiger partial charge in [0.1, 0.15) is 5.52 Å². The van der Waals surface area contributed by atoms with Crippen LogP contribution in [0.1, 0.15) is 11.3 Å². The van der Waals surface area contributed by atoms with Gasteiger partial charge >= 0.3 is 0 Å². The Bertz CT molecular complexity index is 1150. The van der Waals surface area contributed by atoms with Crippen LogP contribution in [0.2, 0.25) is 0 Å². The highest BCUT2D eigenvalue weighted by Gasteiger charge is 2.11. The number of benzene rings is 1. The van der Waals surface area contributed by atoms with Gasteiger partial charge in [0.2, 0.25) is 0 Å². The number of pyridine rings is 2. The first-order valence-electron chi connectivity index (χ1n) is 8.11. The Morgan fingerprint density at radius 1 is 1.04 bits per heavy atom. The third-order valence-electron chi connectivity index (χ3n) is 4.30. The van der Waals surface area contributed by atoms with Gasteiger partial charge in [-0.05, 0) is 35.9 Å². The Morgan fingerprint density at radius 3 is 2.92 bits per heavy atom. The molecule has 6 heteroatoms. The van der Waals surface area contributed by atoms with Gasteiger partial charge in [-0.3, -0.25) is 9.98 Å². The Morgan fingerprint density at radius 2 is 2.00 bits per heavy atom. The molecule has 0 N–H and O–H groups in total. The van der Waals surface area contributed by atoms with Gasteiger partial charge < -0.3 is 0 Å². The van der Waals surface area contributed by atoms with Crippen LogP contribution in [0.4, 0.5) is 0 Å². The minimum absolute atomic E-state index is 0.616. The zero-order chi connectivity index (χ0) is 16.6. The van der Waals surface area contributed by atoms with Crippen LogP contribution in [0.15, 0.2) is 59.7 Å². The molecule has 0 spiro atoms. The second kappa shape index (κ2) is 5.59. The Labute approximate surface area is 143 Å². The van der Waals surface area contributed by atoms with Crippen molar-refractivity contribution in [2.45, 2.75) is 6.54 Å². The summed E-state index contributed by atoms with van der Waals surface area (Å²) in [5.74, 6) is 0. The van der Waals surface area contributed by atoms with Crippen molar-refractivity contribution in [3.63, 3.8) is 0 Å². The molecular weight excluding hydrogens is 312 g/mol. The van der Waals surface area contributed by atoms with Gasteiger partial charge in [0, 0.05) is 23.4 Å². The first-order valence-corrected chi connectivity index (χ1v) is 8.11. The van der Waals surface area contributed by atoms with Crippen LogP contribution in [0, 0.1) is 0 Å². The van der Waals surface area contributed by atoms with E-state index in [1.54, 1.807) is 6.20 Å². The van der Waals surface area contributed by atoms with Crippen molar-refractivity contribution in [2.75, 3.05) is 6.54 Å². The predicted octanol–water partition coefficient (Wildman–Crippen LogP) is 2.89. The summed E-state index contributed by atoms with van der Waals surface area (Å²) in [6.45, 7) is 1.34. The van der Waals surface area contributed by atoms with Crippen molar-refractivity contribution in [3.8, 4) is 0 Å². The maximum atomic E-state index is 4.74. The van der Waals surface area contributed by atoms with Crippen LogP contribution in [0.5, 0.6) is 0 Å².